The van der Waals surface area contributed by atoms with Gasteiger partial charge in [-0.2, -0.15) is 0 Å². The lowest BCUT2D eigenvalue weighted by atomic mass is 10.0. The van der Waals surface area contributed by atoms with Gasteiger partial charge in [0.1, 0.15) is 5.75 Å². The van der Waals surface area contributed by atoms with Crippen LogP contribution in [0.4, 0.5) is 0 Å². The summed E-state index contributed by atoms with van der Waals surface area (Å²) in [5, 5.41) is 13.7. The Bertz CT molecular complexity index is 556. The highest BCUT2D eigenvalue weighted by molar-refractivity contribution is 5.28. The van der Waals surface area contributed by atoms with Crippen molar-refractivity contribution in [1.29, 1.82) is 0 Å². The molecule has 0 aliphatic carbocycles. The summed E-state index contributed by atoms with van der Waals surface area (Å²) >= 11 is 0. The van der Waals surface area contributed by atoms with E-state index in [1.807, 2.05) is 49.4 Å². The summed E-state index contributed by atoms with van der Waals surface area (Å²) in [7, 11) is 1.69. The molecule has 0 spiro atoms. The molecule has 2 rings (SSSR count). The minimum Gasteiger partial charge on any atom is -0.497 e. The van der Waals surface area contributed by atoms with Gasteiger partial charge < -0.3 is 15.2 Å². The van der Waals surface area contributed by atoms with Crippen LogP contribution >= 0.6 is 0 Å². The molecule has 0 saturated heterocycles. The van der Waals surface area contributed by atoms with Crippen LogP contribution in [-0.2, 0) is 6.42 Å². The van der Waals surface area contributed by atoms with Crippen molar-refractivity contribution in [2.75, 3.05) is 13.7 Å². The van der Waals surface area contributed by atoms with Crippen molar-refractivity contribution in [3.05, 3.63) is 65.7 Å². The van der Waals surface area contributed by atoms with Crippen molar-refractivity contribution in [2.24, 2.45) is 0 Å². The molecule has 118 valence electrons. The molecule has 0 aliphatic heterocycles. The maximum atomic E-state index is 10.3. The lowest BCUT2D eigenvalue weighted by Crippen LogP contribution is -2.33. The maximum absolute atomic E-state index is 10.3. The number of aliphatic hydroxyl groups is 1. The number of benzene rings is 2. The average molecular weight is 299 g/mol. The smallest absolute Gasteiger partial charge is 0.119 e. The molecule has 2 aromatic carbocycles. The highest BCUT2D eigenvalue weighted by Crippen LogP contribution is 2.16. The van der Waals surface area contributed by atoms with Gasteiger partial charge in [-0.05, 0) is 49.6 Å². The van der Waals surface area contributed by atoms with Gasteiger partial charge in [0.25, 0.3) is 0 Å². The molecule has 0 fully saturated rings. The number of aliphatic hydroxyl groups excluding tert-OH is 1. The van der Waals surface area contributed by atoms with Gasteiger partial charge in [0.15, 0.2) is 0 Å². The van der Waals surface area contributed by atoms with Crippen LogP contribution in [0.15, 0.2) is 54.6 Å². The highest BCUT2D eigenvalue weighted by atomic mass is 16.5. The summed E-state index contributed by atoms with van der Waals surface area (Å²) in [5.74, 6) is 0.901. The van der Waals surface area contributed by atoms with Crippen LogP contribution in [0, 0.1) is 0 Å². The molecule has 2 aromatic rings. The van der Waals surface area contributed by atoms with E-state index in [0.29, 0.717) is 0 Å². The molecule has 0 bridgehead atoms. The van der Waals surface area contributed by atoms with Gasteiger partial charge >= 0.3 is 0 Å². The molecular weight excluding hydrogens is 274 g/mol. The van der Waals surface area contributed by atoms with E-state index in [4.69, 9.17) is 4.74 Å². The monoisotopic (exact) mass is 299 g/mol. The van der Waals surface area contributed by atoms with Crippen LogP contribution in [0.1, 0.15) is 30.6 Å². The van der Waals surface area contributed by atoms with Crippen LogP contribution in [0.2, 0.25) is 0 Å². The Morgan fingerprint density at radius 3 is 2.59 bits per heavy atom. The third-order valence-corrected chi connectivity index (χ3v) is 3.86. The zero-order chi connectivity index (χ0) is 15.8. The summed E-state index contributed by atoms with van der Waals surface area (Å²) in [5.41, 5.74) is 2.23. The third-order valence-electron chi connectivity index (χ3n) is 3.86. The second-order valence-electron chi connectivity index (χ2n) is 5.55. The first-order valence-corrected chi connectivity index (χ1v) is 7.80. The zero-order valence-corrected chi connectivity index (χ0v) is 13.3. The van der Waals surface area contributed by atoms with Gasteiger partial charge in [0.2, 0.25) is 0 Å². The molecule has 0 heterocycles. The standard InChI is InChI=1S/C19H25NO2/c1-15(19(21)17-10-4-3-5-11-17)20-13-7-9-16-8-6-12-18(14-16)22-2/h3-6,8,10-12,14-15,19-21H,7,9,13H2,1-2H3. The molecule has 0 aliphatic rings. The Kier molecular flexibility index (Phi) is 6.44. The average Bonchev–Trinajstić information content (AvgIpc) is 2.58. The molecule has 2 N–H and O–H groups in total. The lowest BCUT2D eigenvalue weighted by Gasteiger charge is -2.20. The van der Waals surface area contributed by atoms with Crippen LogP contribution in [0.3, 0.4) is 0 Å². The summed E-state index contributed by atoms with van der Waals surface area (Å²) < 4.78 is 5.23. The van der Waals surface area contributed by atoms with Crippen molar-refractivity contribution in [1.82, 2.24) is 5.32 Å². The molecule has 2 atom stereocenters. The lowest BCUT2D eigenvalue weighted by molar-refractivity contribution is 0.136. The van der Waals surface area contributed by atoms with Crippen LogP contribution < -0.4 is 10.1 Å². The topological polar surface area (TPSA) is 41.5 Å². The van der Waals surface area contributed by atoms with Gasteiger partial charge in [-0.3, -0.25) is 0 Å². The first-order chi connectivity index (χ1) is 10.7. The number of nitrogens with one attached hydrogen (secondary N) is 1. The van der Waals surface area contributed by atoms with E-state index in [9.17, 15) is 5.11 Å². The molecule has 0 radical (unpaired) electrons. The number of rotatable bonds is 8. The van der Waals surface area contributed by atoms with Crippen molar-refractivity contribution >= 4 is 0 Å². The second-order valence-corrected chi connectivity index (χ2v) is 5.55. The fraction of sp³-hybridized carbons (Fsp3) is 0.368. The van der Waals surface area contributed by atoms with Crippen LogP contribution in [-0.4, -0.2) is 24.8 Å². The van der Waals surface area contributed by atoms with E-state index < -0.39 is 6.10 Å². The highest BCUT2D eigenvalue weighted by Gasteiger charge is 2.14. The Morgan fingerprint density at radius 2 is 1.86 bits per heavy atom. The van der Waals surface area contributed by atoms with Crippen molar-refractivity contribution in [3.63, 3.8) is 0 Å². The van der Waals surface area contributed by atoms with E-state index in [0.717, 1.165) is 30.7 Å². The normalized spacial score (nSPS) is 13.6. The second kappa shape index (κ2) is 8.57. The third kappa shape index (κ3) is 4.86. The predicted octanol–water partition coefficient (Wildman–Crippen LogP) is 3.34. The predicted molar refractivity (Wildman–Crippen MR) is 90.2 cm³/mol. The SMILES string of the molecule is COc1cccc(CCCNC(C)C(O)c2ccccc2)c1. The largest absolute Gasteiger partial charge is 0.497 e. The van der Waals surface area contributed by atoms with Gasteiger partial charge in [0.05, 0.1) is 13.2 Å². The number of hydrogen-bond donors (Lipinski definition) is 2. The number of methoxy groups -OCH3 is 1. The van der Waals surface area contributed by atoms with Crippen molar-refractivity contribution in [3.8, 4) is 5.75 Å². The Balaban J connectivity index is 1.74. The van der Waals surface area contributed by atoms with Crippen molar-refractivity contribution in [2.45, 2.75) is 31.9 Å². The zero-order valence-electron chi connectivity index (χ0n) is 13.3. The number of ether oxygens (including phenoxy) is 1. The van der Waals surface area contributed by atoms with Gasteiger partial charge in [-0.1, -0.05) is 42.5 Å². The van der Waals surface area contributed by atoms with Crippen LogP contribution in [0.25, 0.3) is 0 Å². The summed E-state index contributed by atoms with van der Waals surface area (Å²) in [6, 6.07) is 18.0. The van der Waals surface area contributed by atoms with E-state index in [1.165, 1.54) is 5.56 Å². The molecule has 2 unspecified atom stereocenters. The van der Waals surface area contributed by atoms with Crippen molar-refractivity contribution < 1.29 is 9.84 Å². The minimum absolute atomic E-state index is 0.0349. The van der Waals surface area contributed by atoms with Crippen LogP contribution in [0.5, 0.6) is 5.75 Å². The molecule has 3 nitrogen and oxygen atoms in total. The summed E-state index contributed by atoms with van der Waals surface area (Å²) in [6.45, 7) is 2.89. The Labute approximate surface area is 133 Å². The molecule has 0 aromatic heterocycles. The molecular formula is C19H25NO2. The molecule has 3 heteroatoms. The maximum Gasteiger partial charge on any atom is 0.119 e. The fourth-order valence-corrected chi connectivity index (χ4v) is 2.50. The first-order valence-electron chi connectivity index (χ1n) is 7.80. The molecule has 0 amide bonds. The molecule has 22 heavy (non-hydrogen) atoms. The Morgan fingerprint density at radius 1 is 1.09 bits per heavy atom. The van der Waals surface area contributed by atoms with E-state index >= 15 is 0 Å². The first kappa shape index (κ1) is 16.5. The van der Waals surface area contributed by atoms with E-state index in [1.54, 1.807) is 7.11 Å². The summed E-state index contributed by atoms with van der Waals surface area (Å²) in [6.07, 6.45) is 1.55. The van der Waals surface area contributed by atoms with E-state index in [2.05, 4.69) is 17.4 Å². The molecule has 0 saturated carbocycles. The van der Waals surface area contributed by atoms with Gasteiger partial charge in [0, 0.05) is 6.04 Å². The van der Waals surface area contributed by atoms with Gasteiger partial charge in [-0.25, -0.2) is 0 Å². The number of hydrogen-bond acceptors (Lipinski definition) is 3. The Hall–Kier alpha value is -1.84. The summed E-state index contributed by atoms with van der Waals surface area (Å²) in [4.78, 5) is 0. The minimum atomic E-state index is -0.474. The van der Waals surface area contributed by atoms with E-state index in [-0.39, 0.29) is 6.04 Å². The fourth-order valence-electron chi connectivity index (χ4n) is 2.50. The quantitative estimate of drug-likeness (QED) is 0.735. The number of aryl methyl sites for hydroxylation is 1. The van der Waals surface area contributed by atoms with Gasteiger partial charge in [-0.15, -0.1) is 0 Å².